The number of nitrogens with one attached hydrogen (secondary N) is 4. The van der Waals surface area contributed by atoms with Gasteiger partial charge in [-0.25, -0.2) is 5.48 Å². The Balaban J connectivity index is 4.00. The number of rotatable bonds is 19. The highest BCUT2D eigenvalue weighted by atomic mass is 16.5. The van der Waals surface area contributed by atoms with Crippen molar-refractivity contribution in [3.8, 4) is 0 Å². The maximum atomic E-state index is 12.3. The maximum Gasteiger partial charge on any atom is 0.246 e. The average Bonchev–Trinajstić information content (AvgIpc) is 2.75. The molecule has 0 spiro atoms. The Morgan fingerprint density at radius 2 is 1.55 bits per heavy atom. The zero-order valence-corrected chi connectivity index (χ0v) is 19.8. The monoisotopic (exact) mass is 471 g/mol. The lowest BCUT2D eigenvalue weighted by atomic mass is 10.0. The number of hydroxylamine groups is 1. The number of amides is 4. The third-order valence-corrected chi connectivity index (χ3v) is 5.03. The zero-order valence-electron chi connectivity index (χ0n) is 19.8. The number of carbonyl (C=O) groups excluding carboxylic acids is 4. The molecule has 0 bridgehead atoms. The molecule has 2 unspecified atom stereocenters. The van der Waals surface area contributed by atoms with Gasteiger partial charge in [0.15, 0.2) is 0 Å². The molecule has 4 amide bonds. The van der Waals surface area contributed by atoms with Crippen LogP contribution in [0.4, 0.5) is 0 Å². The number of nitrogens with two attached hydrogens (primary N) is 1. The summed E-state index contributed by atoms with van der Waals surface area (Å²) in [6, 6.07) is -0.0789. The van der Waals surface area contributed by atoms with Crippen molar-refractivity contribution in [2.45, 2.75) is 90.3 Å². The predicted molar refractivity (Wildman–Crippen MR) is 124 cm³/mol. The normalized spacial score (nSPS) is 13.2. The number of allylic oxidation sites excluding steroid dienone is 1. The molecule has 0 saturated heterocycles. The highest BCUT2D eigenvalue weighted by Crippen LogP contribution is 2.10. The van der Waals surface area contributed by atoms with Gasteiger partial charge in [-0.15, -0.1) is 0 Å². The van der Waals surface area contributed by atoms with E-state index in [9.17, 15) is 24.3 Å². The third kappa shape index (κ3) is 17.7. The maximum absolute atomic E-state index is 12.3. The van der Waals surface area contributed by atoms with Crippen LogP contribution in [-0.4, -0.2) is 59.3 Å². The second kappa shape index (κ2) is 19.0. The van der Waals surface area contributed by atoms with Crippen molar-refractivity contribution in [2.75, 3.05) is 13.1 Å². The Bertz CT molecular complexity index is 641. The minimum Gasteiger partial charge on any atom is -0.379 e. The van der Waals surface area contributed by atoms with Gasteiger partial charge in [0.25, 0.3) is 0 Å². The van der Waals surface area contributed by atoms with E-state index in [1.165, 1.54) is 0 Å². The van der Waals surface area contributed by atoms with Gasteiger partial charge in [-0.2, -0.15) is 0 Å². The summed E-state index contributed by atoms with van der Waals surface area (Å²) in [4.78, 5) is 45.9. The minimum atomic E-state index is -0.839. The van der Waals surface area contributed by atoms with Crippen molar-refractivity contribution in [3.05, 3.63) is 11.6 Å². The number of hydrogen-bond acceptors (Lipinski definition) is 7. The molecule has 11 nitrogen and oxygen atoms in total. The summed E-state index contributed by atoms with van der Waals surface area (Å²) in [7, 11) is 0. The van der Waals surface area contributed by atoms with Crippen molar-refractivity contribution in [3.63, 3.8) is 0 Å². The predicted octanol–water partition coefficient (Wildman–Crippen LogP) is 0.353. The lowest BCUT2D eigenvalue weighted by Gasteiger charge is -2.16. The van der Waals surface area contributed by atoms with Crippen molar-refractivity contribution >= 4 is 23.6 Å². The van der Waals surface area contributed by atoms with Crippen LogP contribution < -0.4 is 27.2 Å². The van der Waals surface area contributed by atoms with Crippen LogP contribution >= 0.6 is 0 Å². The molecule has 0 aliphatic carbocycles. The molecule has 0 aliphatic rings. The molecule has 2 atom stereocenters. The SMILES string of the molecule is C/C=C(\CCC(C)NC(=O)CCCCCCC(=O)NO)C(=O)NCCC(O)NCCC(N)=O. The van der Waals surface area contributed by atoms with E-state index in [0.717, 1.165) is 19.3 Å². The van der Waals surface area contributed by atoms with Crippen LogP contribution in [-0.2, 0) is 19.2 Å². The van der Waals surface area contributed by atoms with Gasteiger partial charge in [0.05, 0.1) is 0 Å². The van der Waals surface area contributed by atoms with Crippen molar-refractivity contribution in [1.82, 2.24) is 21.4 Å². The van der Waals surface area contributed by atoms with E-state index in [0.29, 0.717) is 37.7 Å². The first-order valence-electron chi connectivity index (χ1n) is 11.5. The van der Waals surface area contributed by atoms with Crippen molar-refractivity contribution < 1.29 is 29.5 Å². The van der Waals surface area contributed by atoms with Gasteiger partial charge in [0, 0.05) is 50.4 Å². The molecule has 0 aromatic carbocycles. The fourth-order valence-electron chi connectivity index (χ4n) is 3.06. The second-order valence-electron chi connectivity index (χ2n) is 8.00. The zero-order chi connectivity index (χ0) is 25.1. The van der Waals surface area contributed by atoms with E-state index in [4.69, 9.17) is 10.9 Å². The Kier molecular flexibility index (Phi) is 17.6. The van der Waals surface area contributed by atoms with Crippen molar-refractivity contribution in [2.24, 2.45) is 5.73 Å². The number of primary amides is 1. The first-order valence-corrected chi connectivity index (χ1v) is 11.5. The molecule has 0 heterocycles. The van der Waals surface area contributed by atoms with E-state index in [1.807, 2.05) is 6.92 Å². The molecule has 0 saturated carbocycles. The highest BCUT2D eigenvalue weighted by molar-refractivity contribution is 5.93. The molecule has 33 heavy (non-hydrogen) atoms. The molecule has 190 valence electrons. The first kappa shape index (κ1) is 30.5. The summed E-state index contributed by atoms with van der Waals surface area (Å²) in [5.74, 6) is -1.11. The van der Waals surface area contributed by atoms with Crippen LogP contribution in [0.5, 0.6) is 0 Å². The van der Waals surface area contributed by atoms with E-state index in [1.54, 1.807) is 18.5 Å². The Hall–Kier alpha value is -2.50. The van der Waals surface area contributed by atoms with Crippen LogP contribution in [0, 0.1) is 0 Å². The lowest BCUT2D eigenvalue weighted by Crippen LogP contribution is -2.36. The minimum absolute atomic E-state index is 0.0418. The molecule has 0 aromatic rings. The van der Waals surface area contributed by atoms with Crippen molar-refractivity contribution in [1.29, 1.82) is 0 Å². The summed E-state index contributed by atoms with van der Waals surface area (Å²) < 4.78 is 0. The fourth-order valence-corrected chi connectivity index (χ4v) is 3.06. The molecule has 0 rings (SSSR count). The molecular formula is C22H41N5O6. The second-order valence-corrected chi connectivity index (χ2v) is 8.00. The van der Waals surface area contributed by atoms with Crippen LogP contribution in [0.1, 0.15) is 78.1 Å². The first-order chi connectivity index (χ1) is 15.7. The van der Waals surface area contributed by atoms with Crippen LogP contribution in [0.15, 0.2) is 11.6 Å². The summed E-state index contributed by atoms with van der Waals surface area (Å²) in [5.41, 5.74) is 7.23. The van der Waals surface area contributed by atoms with Gasteiger partial charge in [0.1, 0.15) is 6.23 Å². The summed E-state index contributed by atoms with van der Waals surface area (Å²) >= 11 is 0. The molecule has 11 heteroatoms. The van der Waals surface area contributed by atoms with E-state index in [2.05, 4.69) is 16.0 Å². The molecule has 0 aliphatic heterocycles. The number of aliphatic hydroxyl groups is 1. The van der Waals surface area contributed by atoms with Gasteiger partial charge in [0.2, 0.25) is 23.6 Å². The van der Waals surface area contributed by atoms with Gasteiger partial charge in [-0.1, -0.05) is 18.9 Å². The van der Waals surface area contributed by atoms with Crippen LogP contribution in [0.3, 0.4) is 0 Å². The van der Waals surface area contributed by atoms with E-state index in [-0.39, 0.29) is 43.8 Å². The molecule has 0 fully saturated rings. The Labute approximate surface area is 195 Å². The largest absolute Gasteiger partial charge is 0.379 e. The van der Waals surface area contributed by atoms with Crippen LogP contribution in [0.25, 0.3) is 0 Å². The van der Waals surface area contributed by atoms with Crippen LogP contribution in [0.2, 0.25) is 0 Å². The van der Waals surface area contributed by atoms with Gasteiger partial charge in [-0.3, -0.25) is 29.7 Å². The van der Waals surface area contributed by atoms with Gasteiger partial charge in [-0.05, 0) is 39.5 Å². The smallest absolute Gasteiger partial charge is 0.246 e. The fraction of sp³-hybridized carbons (Fsp3) is 0.727. The third-order valence-electron chi connectivity index (χ3n) is 5.03. The topological polar surface area (TPSA) is 183 Å². The standard InChI is InChI=1S/C22H41N5O6/c1-3-17(22(32)25-15-13-19(29)24-14-12-18(23)28)11-10-16(2)26-20(30)8-6-4-5-7-9-21(31)27-33/h3,16,19,24,29,33H,4-15H2,1-2H3,(H2,23,28)(H,25,32)(H,26,30)(H,27,31)/b17-3+. The number of hydrogen-bond donors (Lipinski definition) is 7. The molecule has 0 radical (unpaired) electrons. The number of aliphatic hydroxyl groups excluding tert-OH is 1. The lowest BCUT2D eigenvalue weighted by molar-refractivity contribution is -0.129. The van der Waals surface area contributed by atoms with E-state index < -0.39 is 18.0 Å². The Morgan fingerprint density at radius 1 is 0.909 bits per heavy atom. The highest BCUT2D eigenvalue weighted by Gasteiger charge is 2.13. The average molecular weight is 472 g/mol. The summed E-state index contributed by atoms with van der Waals surface area (Å²) in [6.45, 7) is 4.22. The summed E-state index contributed by atoms with van der Waals surface area (Å²) in [5, 5.41) is 26.6. The number of carbonyl (C=O) groups is 4. The summed E-state index contributed by atoms with van der Waals surface area (Å²) in [6.07, 6.45) is 6.18. The Morgan fingerprint density at radius 3 is 2.12 bits per heavy atom. The molecule has 0 aromatic heterocycles. The van der Waals surface area contributed by atoms with Gasteiger partial charge >= 0.3 is 0 Å². The van der Waals surface area contributed by atoms with E-state index >= 15 is 0 Å². The number of unbranched alkanes of at least 4 members (excludes halogenated alkanes) is 3. The molecule has 8 N–H and O–H groups in total. The molecular weight excluding hydrogens is 430 g/mol. The quantitative estimate of drug-likeness (QED) is 0.0466. The van der Waals surface area contributed by atoms with Gasteiger partial charge < -0.3 is 21.5 Å².